The first-order valence-corrected chi connectivity index (χ1v) is 5.08. The molecule has 0 aliphatic heterocycles. The number of aromatic nitrogens is 1. The molecule has 0 radical (unpaired) electrons. The Bertz CT molecular complexity index is 451. The molecule has 0 saturated carbocycles. The maximum atomic E-state index is 10.6. The predicted molar refractivity (Wildman–Crippen MR) is 58.4 cm³/mol. The maximum Gasteiger partial charge on any atom is 0.306 e. The largest absolute Gasteiger partial charge is 0.306 e. The van der Waals surface area contributed by atoms with Gasteiger partial charge in [0.05, 0.1) is 4.92 Å². The Morgan fingerprint density at radius 1 is 1.73 bits per heavy atom. The zero-order valence-electron chi connectivity index (χ0n) is 7.55. The van der Waals surface area contributed by atoms with Crippen LogP contribution in [0.15, 0.2) is 18.3 Å². The van der Waals surface area contributed by atoms with Crippen molar-refractivity contribution in [2.24, 2.45) is 0 Å². The topological polar surface area (TPSA) is 79.8 Å². The van der Waals surface area contributed by atoms with Gasteiger partial charge in [-0.3, -0.25) is 10.1 Å². The number of alkyl halides is 1. The molecule has 0 atom stereocenters. The highest BCUT2D eigenvalue weighted by molar-refractivity contribution is 9.09. The summed E-state index contributed by atoms with van der Waals surface area (Å²) in [5, 5.41) is 19.8. The summed E-state index contributed by atoms with van der Waals surface area (Å²) in [6.45, 7) is 0. The molecule has 0 unspecified atom stereocenters. The lowest BCUT2D eigenvalue weighted by atomic mass is 10.2. The number of nitriles is 1. The fourth-order valence-electron chi connectivity index (χ4n) is 0.966. The molecule has 1 rings (SSSR count). The second-order valence-corrected chi connectivity index (χ2v) is 3.21. The van der Waals surface area contributed by atoms with Crippen molar-refractivity contribution >= 4 is 27.7 Å². The van der Waals surface area contributed by atoms with Crippen molar-refractivity contribution in [1.29, 1.82) is 5.26 Å². The zero-order chi connectivity index (χ0) is 11.3. The standard InChI is InChI=1S/C9H6BrN3O2/c10-3-1-2-7-4-9(13(14)15)8(5-11)12-6-7/h1-2,4,6H,3H2. The molecule has 0 spiro atoms. The van der Waals surface area contributed by atoms with E-state index in [-0.39, 0.29) is 11.4 Å². The van der Waals surface area contributed by atoms with Crippen molar-refractivity contribution in [2.75, 3.05) is 5.33 Å². The smallest absolute Gasteiger partial charge is 0.258 e. The first kappa shape index (κ1) is 11.3. The number of hydrogen-bond acceptors (Lipinski definition) is 4. The second-order valence-electron chi connectivity index (χ2n) is 2.56. The van der Waals surface area contributed by atoms with Crippen LogP contribution in [0, 0.1) is 21.4 Å². The molecule has 0 aromatic carbocycles. The molecular formula is C9H6BrN3O2. The van der Waals surface area contributed by atoms with Crippen molar-refractivity contribution in [3.63, 3.8) is 0 Å². The van der Waals surface area contributed by atoms with E-state index in [4.69, 9.17) is 5.26 Å². The number of pyridine rings is 1. The van der Waals surface area contributed by atoms with E-state index >= 15 is 0 Å². The summed E-state index contributed by atoms with van der Waals surface area (Å²) in [5.74, 6) is 0. The normalized spacial score (nSPS) is 10.1. The highest BCUT2D eigenvalue weighted by atomic mass is 79.9. The Labute approximate surface area is 94.3 Å². The SMILES string of the molecule is N#Cc1ncc(C=CCBr)cc1[N+](=O)[O-]. The Hall–Kier alpha value is -1.74. The monoisotopic (exact) mass is 267 g/mol. The van der Waals surface area contributed by atoms with Crippen LogP contribution >= 0.6 is 15.9 Å². The average Bonchev–Trinajstić information content (AvgIpc) is 2.25. The van der Waals surface area contributed by atoms with E-state index in [1.165, 1.54) is 12.3 Å². The molecule has 0 aliphatic rings. The van der Waals surface area contributed by atoms with Gasteiger partial charge in [0.1, 0.15) is 6.07 Å². The minimum Gasteiger partial charge on any atom is -0.258 e. The highest BCUT2D eigenvalue weighted by Gasteiger charge is 2.14. The van der Waals surface area contributed by atoms with Gasteiger partial charge < -0.3 is 0 Å². The van der Waals surface area contributed by atoms with E-state index in [1.807, 2.05) is 0 Å². The first-order chi connectivity index (χ1) is 7.19. The minimum atomic E-state index is -0.614. The van der Waals surface area contributed by atoms with Crippen molar-refractivity contribution < 1.29 is 4.92 Å². The summed E-state index contributed by atoms with van der Waals surface area (Å²) in [6.07, 6.45) is 4.90. The average molecular weight is 268 g/mol. The molecule has 1 aromatic heterocycles. The fraction of sp³-hybridized carbons (Fsp3) is 0.111. The van der Waals surface area contributed by atoms with Crippen molar-refractivity contribution in [3.8, 4) is 6.07 Å². The van der Waals surface area contributed by atoms with Crippen LogP contribution in [0.25, 0.3) is 6.08 Å². The van der Waals surface area contributed by atoms with Gasteiger partial charge in [-0.1, -0.05) is 28.1 Å². The summed E-state index contributed by atoms with van der Waals surface area (Å²) >= 11 is 3.19. The summed E-state index contributed by atoms with van der Waals surface area (Å²) < 4.78 is 0. The van der Waals surface area contributed by atoms with Crippen LogP contribution in [-0.4, -0.2) is 15.2 Å². The van der Waals surface area contributed by atoms with E-state index in [1.54, 1.807) is 18.2 Å². The van der Waals surface area contributed by atoms with Gasteiger partial charge in [-0.2, -0.15) is 5.26 Å². The van der Waals surface area contributed by atoms with E-state index in [0.717, 1.165) is 0 Å². The number of rotatable bonds is 3. The molecule has 76 valence electrons. The maximum absolute atomic E-state index is 10.6. The molecule has 0 bridgehead atoms. The van der Waals surface area contributed by atoms with Gasteiger partial charge in [0, 0.05) is 17.6 Å². The second kappa shape index (κ2) is 5.22. The third kappa shape index (κ3) is 2.86. The molecule has 0 saturated heterocycles. The van der Waals surface area contributed by atoms with Crippen LogP contribution in [0.2, 0.25) is 0 Å². The molecule has 1 heterocycles. The number of allylic oxidation sites excluding steroid dienone is 1. The van der Waals surface area contributed by atoms with Crippen LogP contribution in [0.3, 0.4) is 0 Å². The van der Waals surface area contributed by atoms with E-state index in [9.17, 15) is 10.1 Å². The molecule has 0 amide bonds. The van der Waals surface area contributed by atoms with Crippen LogP contribution in [0.1, 0.15) is 11.3 Å². The minimum absolute atomic E-state index is 0.170. The summed E-state index contributed by atoms with van der Waals surface area (Å²) in [6, 6.07) is 3.00. The lowest BCUT2D eigenvalue weighted by Gasteiger charge is -1.95. The summed E-state index contributed by atoms with van der Waals surface area (Å²) in [7, 11) is 0. The molecule has 1 aromatic rings. The summed E-state index contributed by atoms with van der Waals surface area (Å²) in [4.78, 5) is 13.7. The van der Waals surface area contributed by atoms with Crippen LogP contribution in [-0.2, 0) is 0 Å². The van der Waals surface area contributed by atoms with Gasteiger partial charge in [0.15, 0.2) is 0 Å². The Morgan fingerprint density at radius 2 is 2.47 bits per heavy atom. The van der Waals surface area contributed by atoms with E-state index in [2.05, 4.69) is 20.9 Å². The van der Waals surface area contributed by atoms with Gasteiger partial charge in [-0.05, 0) is 5.56 Å². The summed E-state index contributed by atoms with van der Waals surface area (Å²) in [5.41, 5.74) is 0.158. The van der Waals surface area contributed by atoms with Crippen LogP contribution < -0.4 is 0 Å². The van der Waals surface area contributed by atoms with Crippen LogP contribution in [0.5, 0.6) is 0 Å². The lowest BCUT2D eigenvalue weighted by Crippen LogP contribution is -1.95. The molecule has 15 heavy (non-hydrogen) atoms. The Balaban J connectivity index is 3.17. The number of halogens is 1. The van der Waals surface area contributed by atoms with Crippen molar-refractivity contribution in [1.82, 2.24) is 4.98 Å². The van der Waals surface area contributed by atoms with Gasteiger partial charge in [0.2, 0.25) is 5.69 Å². The quantitative estimate of drug-likeness (QED) is 0.478. The van der Waals surface area contributed by atoms with E-state index in [0.29, 0.717) is 10.9 Å². The molecule has 6 heteroatoms. The Morgan fingerprint density at radius 3 is 3.00 bits per heavy atom. The highest BCUT2D eigenvalue weighted by Crippen LogP contribution is 2.17. The first-order valence-electron chi connectivity index (χ1n) is 3.96. The zero-order valence-corrected chi connectivity index (χ0v) is 9.14. The van der Waals surface area contributed by atoms with Crippen molar-refractivity contribution in [3.05, 3.63) is 39.7 Å². The van der Waals surface area contributed by atoms with Gasteiger partial charge >= 0.3 is 5.69 Å². The van der Waals surface area contributed by atoms with Gasteiger partial charge in [-0.15, -0.1) is 0 Å². The third-order valence-corrected chi connectivity index (χ3v) is 1.96. The third-order valence-electron chi connectivity index (χ3n) is 1.59. The van der Waals surface area contributed by atoms with Crippen LogP contribution in [0.4, 0.5) is 5.69 Å². The number of nitrogens with zero attached hydrogens (tertiary/aromatic N) is 3. The Kier molecular flexibility index (Phi) is 3.94. The number of hydrogen-bond donors (Lipinski definition) is 0. The predicted octanol–water partition coefficient (Wildman–Crippen LogP) is 2.27. The molecule has 0 N–H and O–H groups in total. The fourth-order valence-corrected chi connectivity index (χ4v) is 1.15. The molecule has 5 nitrogen and oxygen atoms in total. The molecule has 0 aliphatic carbocycles. The number of nitro groups is 1. The van der Waals surface area contributed by atoms with Gasteiger partial charge in [0.25, 0.3) is 0 Å². The molecular weight excluding hydrogens is 262 g/mol. The molecule has 0 fully saturated rings. The van der Waals surface area contributed by atoms with E-state index < -0.39 is 4.92 Å². The van der Waals surface area contributed by atoms with Gasteiger partial charge in [-0.25, -0.2) is 4.98 Å². The lowest BCUT2D eigenvalue weighted by molar-refractivity contribution is -0.385. The van der Waals surface area contributed by atoms with Crippen molar-refractivity contribution in [2.45, 2.75) is 0 Å².